The zero-order chi connectivity index (χ0) is 11.3. The van der Waals surface area contributed by atoms with Crippen LogP contribution in [0.5, 0.6) is 0 Å². The Morgan fingerprint density at radius 2 is 1.93 bits per heavy atom. The maximum Gasteiger partial charge on any atom is 0.0437 e. The van der Waals surface area contributed by atoms with Crippen LogP contribution in [0.4, 0.5) is 0 Å². The van der Waals surface area contributed by atoms with Gasteiger partial charge in [-0.15, -0.1) is 0 Å². The molecule has 1 aliphatic carbocycles. The molecule has 0 bridgehead atoms. The van der Waals surface area contributed by atoms with Gasteiger partial charge in [0.25, 0.3) is 0 Å². The van der Waals surface area contributed by atoms with E-state index in [1.165, 1.54) is 30.5 Å². The van der Waals surface area contributed by atoms with Crippen LogP contribution < -0.4 is 0 Å². The Kier molecular flexibility index (Phi) is 4.80. The minimum Gasteiger partial charge on any atom is -0.261 e. The largest absolute Gasteiger partial charge is 0.261 e. The molecule has 1 aromatic heterocycles. The van der Waals surface area contributed by atoms with Gasteiger partial charge in [-0.3, -0.25) is 4.98 Å². The summed E-state index contributed by atoms with van der Waals surface area (Å²) in [7, 11) is 0. The van der Waals surface area contributed by atoms with E-state index in [9.17, 15) is 0 Å². The van der Waals surface area contributed by atoms with Gasteiger partial charge < -0.3 is 0 Å². The molecule has 0 amide bonds. The standard InChI is InChI=1S/C12H17N.C2H6/c1-9-6-7-12(13-8-9)11-5-3-4-10(11)2;1-2/h6-8,10-11H,3-5H2,1-2H3;1-2H3. The number of hydrogen-bond donors (Lipinski definition) is 0. The van der Waals surface area contributed by atoms with Crippen LogP contribution in [0.1, 0.15) is 57.2 Å². The summed E-state index contributed by atoms with van der Waals surface area (Å²) in [5, 5.41) is 0. The fraction of sp³-hybridized carbons (Fsp3) is 0.643. The fourth-order valence-electron chi connectivity index (χ4n) is 2.28. The first kappa shape index (κ1) is 12.2. The van der Waals surface area contributed by atoms with Crippen LogP contribution in [-0.4, -0.2) is 4.98 Å². The SMILES string of the molecule is CC.Cc1ccc(C2CCCC2C)nc1. The van der Waals surface area contributed by atoms with E-state index < -0.39 is 0 Å². The zero-order valence-electron chi connectivity index (χ0n) is 10.5. The van der Waals surface area contributed by atoms with E-state index >= 15 is 0 Å². The van der Waals surface area contributed by atoms with Crippen LogP contribution in [0, 0.1) is 12.8 Å². The molecule has 0 spiro atoms. The molecule has 0 N–H and O–H groups in total. The van der Waals surface area contributed by atoms with Crippen molar-refractivity contribution in [3.05, 3.63) is 29.6 Å². The second-order valence-corrected chi connectivity index (χ2v) is 4.28. The molecule has 0 radical (unpaired) electrons. The van der Waals surface area contributed by atoms with Crippen LogP contribution in [0.15, 0.2) is 18.3 Å². The number of hydrogen-bond acceptors (Lipinski definition) is 1. The number of aryl methyl sites for hydroxylation is 1. The summed E-state index contributed by atoms with van der Waals surface area (Å²) in [4.78, 5) is 4.51. The number of pyridine rings is 1. The Hall–Kier alpha value is -0.850. The van der Waals surface area contributed by atoms with Gasteiger partial charge in [0.2, 0.25) is 0 Å². The third-order valence-corrected chi connectivity index (χ3v) is 3.18. The summed E-state index contributed by atoms with van der Waals surface area (Å²) >= 11 is 0. The summed E-state index contributed by atoms with van der Waals surface area (Å²) in [6, 6.07) is 4.37. The molecular formula is C14H23N. The molecule has 1 aromatic rings. The highest BCUT2D eigenvalue weighted by Crippen LogP contribution is 2.38. The molecule has 1 heteroatoms. The van der Waals surface area contributed by atoms with Crippen molar-refractivity contribution in [1.29, 1.82) is 0 Å². The summed E-state index contributed by atoms with van der Waals surface area (Å²) in [6.07, 6.45) is 6.07. The van der Waals surface area contributed by atoms with Crippen molar-refractivity contribution in [2.45, 2.75) is 52.9 Å². The molecule has 0 saturated heterocycles. The molecule has 2 atom stereocenters. The summed E-state index contributed by atoms with van der Waals surface area (Å²) in [6.45, 7) is 8.44. The van der Waals surface area contributed by atoms with Crippen molar-refractivity contribution in [3.8, 4) is 0 Å². The average Bonchev–Trinajstić information content (AvgIpc) is 2.69. The first-order chi connectivity index (χ1) is 7.27. The van der Waals surface area contributed by atoms with Gasteiger partial charge in [0.15, 0.2) is 0 Å². The van der Waals surface area contributed by atoms with Gasteiger partial charge >= 0.3 is 0 Å². The van der Waals surface area contributed by atoms with E-state index in [0.29, 0.717) is 0 Å². The maximum atomic E-state index is 4.51. The summed E-state index contributed by atoms with van der Waals surface area (Å²) in [5.41, 5.74) is 2.56. The van der Waals surface area contributed by atoms with E-state index in [2.05, 4.69) is 31.0 Å². The second kappa shape index (κ2) is 5.89. The number of nitrogens with zero attached hydrogens (tertiary/aromatic N) is 1. The van der Waals surface area contributed by atoms with Gasteiger partial charge in [0.05, 0.1) is 0 Å². The molecule has 1 heterocycles. The van der Waals surface area contributed by atoms with E-state index in [0.717, 1.165) is 11.8 Å². The van der Waals surface area contributed by atoms with Crippen molar-refractivity contribution in [2.75, 3.05) is 0 Å². The lowest BCUT2D eigenvalue weighted by Crippen LogP contribution is -2.03. The first-order valence-electron chi connectivity index (χ1n) is 6.20. The van der Waals surface area contributed by atoms with Crippen molar-refractivity contribution >= 4 is 0 Å². The summed E-state index contributed by atoms with van der Waals surface area (Å²) < 4.78 is 0. The second-order valence-electron chi connectivity index (χ2n) is 4.28. The molecule has 1 nitrogen and oxygen atoms in total. The van der Waals surface area contributed by atoms with Gasteiger partial charge in [-0.05, 0) is 30.9 Å². The van der Waals surface area contributed by atoms with Crippen molar-refractivity contribution in [3.63, 3.8) is 0 Å². The number of aromatic nitrogens is 1. The smallest absolute Gasteiger partial charge is 0.0437 e. The monoisotopic (exact) mass is 205 g/mol. The Morgan fingerprint density at radius 1 is 1.20 bits per heavy atom. The lowest BCUT2D eigenvalue weighted by molar-refractivity contribution is 0.522. The third-order valence-electron chi connectivity index (χ3n) is 3.18. The molecule has 84 valence electrons. The fourth-order valence-corrected chi connectivity index (χ4v) is 2.28. The molecule has 1 aliphatic rings. The van der Waals surface area contributed by atoms with Crippen molar-refractivity contribution < 1.29 is 0 Å². The Balaban J connectivity index is 0.000000531. The molecule has 2 rings (SSSR count). The van der Waals surface area contributed by atoms with Crippen molar-refractivity contribution in [2.24, 2.45) is 5.92 Å². The topological polar surface area (TPSA) is 12.9 Å². The van der Waals surface area contributed by atoms with Gasteiger partial charge in [-0.2, -0.15) is 0 Å². The average molecular weight is 205 g/mol. The number of rotatable bonds is 1. The highest BCUT2D eigenvalue weighted by atomic mass is 14.7. The Labute approximate surface area is 93.9 Å². The molecule has 0 aromatic carbocycles. The third kappa shape index (κ3) is 3.05. The maximum absolute atomic E-state index is 4.51. The molecule has 1 fully saturated rings. The van der Waals surface area contributed by atoms with E-state index in [4.69, 9.17) is 0 Å². The quantitative estimate of drug-likeness (QED) is 0.665. The van der Waals surface area contributed by atoms with E-state index in [-0.39, 0.29) is 0 Å². The Morgan fingerprint density at radius 3 is 2.40 bits per heavy atom. The lowest BCUT2D eigenvalue weighted by Gasteiger charge is -2.14. The first-order valence-corrected chi connectivity index (χ1v) is 6.20. The normalized spacial score (nSPS) is 24.5. The Bertz CT molecular complexity index is 276. The van der Waals surface area contributed by atoms with Crippen LogP contribution >= 0.6 is 0 Å². The minimum atomic E-state index is 0.723. The van der Waals surface area contributed by atoms with Crippen molar-refractivity contribution in [1.82, 2.24) is 4.98 Å². The van der Waals surface area contributed by atoms with Crippen LogP contribution in [0.25, 0.3) is 0 Å². The summed E-state index contributed by atoms with van der Waals surface area (Å²) in [5.74, 6) is 1.55. The van der Waals surface area contributed by atoms with Gasteiger partial charge in [0, 0.05) is 17.8 Å². The predicted molar refractivity (Wildman–Crippen MR) is 66.1 cm³/mol. The molecule has 15 heavy (non-hydrogen) atoms. The van der Waals surface area contributed by atoms with Crippen LogP contribution in [0.3, 0.4) is 0 Å². The molecular weight excluding hydrogens is 182 g/mol. The molecule has 1 saturated carbocycles. The lowest BCUT2D eigenvalue weighted by atomic mass is 9.94. The predicted octanol–water partition coefficient (Wildman–Crippen LogP) is 4.32. The molecule has 0 aliphatic heterocycles. The van der Waals surface area contributed by atoms with Gasteiger partial charge in [-0.25, -0.2) is 0 Å². The van der Waals surface area contributed by atoms with Crippen LogP contribution in [-0.2, 0) is 0 Å². The highest BCUT2D eigenvalue weighted by molar-refractivity contribution is 5.17. The highest BCUT2D eigenvalue weighted by Gasteiger charge is 2.25. The van der Waals surface area contributed by atoms with Gasteiger partial charge in [-0.1, -0.05) is 39.7 Å². The van der Waals surface area contributed by atoms with Gasteiger partial charge in [0.1, 0.15) is 0 Å². The van der Waals surface area contributed by atoms with E-state index in [1.807, 2.05) is 20.0 Å². The van der Waals surface area contributed by atoms with Crippen LogP contribution in [0.2, 0.25) is 0 Å². The zero-order valence-corrected chi connectivity index (χ0v) is 10.5. The molecule has 2 unspecified atom stereocenters. The van der Waals surface area contributed by atoms with E-state index in [1.54, 1.807) is 0 Å². The minimum absolute atomic E-state index is 0.723.